The third-order valence-corrected chi connectivity index (χ3v) is 1.25. The second kappa shape index (κ2) is 1.70. The molecule has 0 fully saturated rings. The molecular weight excluding hydrogens is 130 g/mol. The first-order valence-electron chi connectivity index (χ1n) is 2.82. The fourth-order valence-electron chi connectivity index (χ4n) is 0.835. The molecule has 2 rings (SSSR count). The van der Waals surface area contributed by atoms with Gasteiger partial charge in [0.15, 0.2) is 5.76 Å². The van der Waals surface area contributed by atoms with Gasteiger partial charge in [-0.05, 0) is 6.07 Å². The van der Waals surface area contributed by atoms with E-state index >= 15 is 0 Å². The molecule has 0 saturated carbocycles. The molecule has 4 heteroatoms. The lowest BCUT2D eigenvalue weighted by Gasteiger charge is -1.89. The van der Waals surface area contributed by atoms with Gasteiger partial charge in [-0.1, -0.05) is 0 Å². The summed E-state index contributed by atoms with van der Waals surface area (Å²) in [5.74, 6) is 0.674. The van der Waals surface area contributed by atoms with E-state index in [0.717, 1.165) is 0 Å². The molecule has 0 spiro atoms. The predicted molar refractivity (Wildman–Crippen MR) is 35.3 cm³/mol. The van der Waals surface area contributed by atoms with Gasteiger partial charge in [0.05, 0.1) is 0 Å². The van der Waals surface area contributed by atoms with Crippen LogP contribution in [0.4, 0.5) is 5.69 Å². The average molecular weight is 135 g/mol. The van der Waals surface area contributed by atoms with Crippen molar-refractivity contribution in [1.82, 2.24) is 10.2 Å². The van der Waals surface area contributed by atoms with Crippen LogP contribution in [0.25, 0.3) is 11.5 Å². The molecule has 1 heterocycles. The third kappa shape index (κ3) is 0.621. The van der Waals surface area contributed by atoms with Crippen molar-refractivity contribution >= 4 is 5.69 Å². The molecule has 1 aliphatic heterocycles. The highest BCUT2D eigenvalue weighted by atomic mass is 16.3. The highest BCUT2D eigenvalue weighted by Crippen LogP contribution is 2.23. The van der Waals surface area contributed by atoms with E-state index in [2.05, 4.69) is 10.2 Å². The van der Waals surface area contributed by atoms with Crippen LogP contribution >= 0.6 is 0 Å². The SMILES string of the molecule is Nc1cc2nncoc-2c1. The van der Waals surface area contributed by atoms with Crippen molar-refractivity contribution in [1.29, 1.82) is 0 Å². The van der Waals surface area contributed by atoms with Gasteiger partial charge in [-0.2, -0.15) is 0 Å². The van der Waals surface area contributed by atoms with Crippen LogP contribution < -0.4 is 5.73 Å². The van der Waals surface area contributed by atoms with Crippen LogP contribution in [0.1, 0.15) is 0 Å². The Bertz CT molecular complexity index is 287. The number of hydrogen-bond acceptors (Lipinski definition) is 4. The summed E-state index contributed by atoms with van der Waals surface area (Å²) in [6.07, 6.45) is 1.28. The third-order valence-electron chi connectivity index (χ3n) is 1.25. The molecule has 2 aliphatic rings. The number of anilines is 1. The van der Waals surface area contributed by atoms with E-state index < -0.39 is 0 Å². The Kier molecular flexibility index (Phi) is 0.887. The van der Waals surface area contributed by atoms with E-state index in [0.29, 0.717) is 17.1 Å². The minimum Gasteiger partial charge on any atom is -0.442 e. The minimum absolute atomic E-state index is 0.652. The molecule has 50 valence electrons. The lowest BCUT2D eigenvalue weighted by Crippen LogP contribution is -1.81. The molecule has 0 aromatic heterocycles. The molecule has 2 N–H and O–H groups in total. The van der Waals surface area contributed by atoms with E-state index in [1.54, 1.807) is 12.1 Å². The van der Waals surface area contributed by atoms with Crippen molar-refractivity contribution < 1.29 is 4.42 Å². The zero-order valence-corrected chi connectivity index (χ0v) is 5.11. The topological polar surface area (TPSA) is 64.9 Å². The molecule has 0 radical (unpaired) electrons. The summed E-state index contributed by atoms with van der Waals surface area (Å²) < 4.78 is 4.98. The first kappa shape index (κ1) is 5.22. The number of nitrogens with zero attached hydrogens (tertiary/aromatic N) is 2. The van der Waals surface area contributed by atoms with E-state index in [9.17, 15) is 0 Å². The summed E-state index contributed by atoms with van der Waals surface area (Å²) >= 11 is 0. The van der Waals surface area contributed by atoms with Gasteiger partial charge < -0.3 is 10.2 Å². The Morgan fingerprint density at radius 2 is 2.30 bits per heavy atom. The summed E-state index contributed by atoms with van der Waals surface area (Å²) in [5.41, 5.74) is 6.81. The lowest BCUT2D eigenvalue weighted by atomic mass is 10.4. The van der Waals surface area contributed by atoms with E-state index in [4.69, 9.17) is 10.2 Å². The first-order valence-corrected chi connectivity index (χ1v) is 2.82. The molecule has 0 amide bonds. The number of rotatable bonds is 0. The average Bonchev–Trinajstić information content (AvgIpc) is 2.27. The van der Waals surface area contributed by atoms with E-state index in [-0.39, 0.29) is 0 Å². The number of fused-ring (bicyclic) bond motifs is 1. The van der Waals surface area contributed by atoms with Gasteiger partial charge in [-0.15, -0.1) is 10.2 Å². The second-order valence-electron chi connectivity index (χ2n) is 1.98. The smallest absolute Gasteiger partial charge is 0.201 e. The van der Waals surface area contributed by atoms with Crippen molar-refractivity contribution in [3.63, 3.8) is 0 Å². The summed E-state index contributed by atoms with van der Waals surface area (Å²) in [6.45, 7) is 0. The van der Waals surface area contributed by atoms with Gasteiger partial charge in [0.1, 0.15) is 5.69 Å². The molecule has 0 bridgehead atoms. The maximum absolute atomic E-state index is 5.46. The Morgan fingerprint density at radius 1 is 1.40 bits per heavy atom. The monoisotopic (exact) mass is 135 g/mol. The van der Waals surface area contributed by atoms with Gasteiger partial charge >= 0.3 is 0 Å². The highest BCUT2D eigenvalue weighted by molar-refractivity contribution is 5.65. The van der Waals surface area contributed by atoms with Crippen LogP contribution in [0.3, 0.4) is 0 Å². The fourth-order valence-corrected chi connectivity index (χ4v) is 0.835. The van der Waals surface area contributed by atoms with Gasteiger partial charge in [-0.25, -0.2) is 0 Å². The van der Waals surface area contributed by atoms with Gasteiger partial charge in [0.2, 0.25) is 6.39 Å². The van der Waals surface area contributed by atoms with Crippen LogP contribution in [0.5, 0.6) is 0 Å². The molecule has 1 aliphatic carbocycles. The van der Waals surface area contributed by atoms with Crippen molar-refractivity contribution in [2.24, 2.45) is 0 Å². The summed E-state index contributed by atoms with van der Waals surface area (Å²) in [7, 11) is 0. The molecular formula is C6H5N3O. The summed E-state index contributed by atoms with van der Waals surface area (Å²) in [4.78, 5) is 0. The number of nitrogens with two attached hydrogens (primary N) is 1. The summed E-state index contributed by atoms with van der Waals surface area (Å²) in [6, 6.07) is 3.43. The standard InChI is InChI=1S/C6H5N3O/c7-4-1-5-6(2-4)10-3-8-9-5/h1-3H,7H2. The largest absolute Gasteiger partial charge is 0.442 e. The van der Waals surface area contributed by atoms with Gasteiger partial charge in [-0.3, -0.25) is 0 Å². The lowest BCUT2D eigenvalue weighted by molar-refractivity contribution is 0.525. The highest BCUT2D eigenvalue weighted by Gasteiger charge is 2.06. The number of nitrogen functional groups attached to an aromatic ring is 1. The quantitative estimate of drug-likeness (QED) is 0.579. The second-order valence-corrected chi connectivity index (χ2v) is 1.98. The van der Waals surface area contributed by atoms with Crippen LogP contribution in [-0.2, 0) is 0 Å². The fraction of sp³-hybridized carbons (Fsp3) is 0. The molecule has 0 unspecified atom stereocenters. The van der Waals surface area contributed by atoms with Gasteiger partial charge in [0.25, 0.3) is 0 Å². The first-order chi connectivity index (χ1) is 4.86. The van der Waals surface area contributed by atoms with Gasteiger partial charge in [0, 0.05) is 11.8 Å². The summed E-state index contributed by atoms with van der Waals surface area (Å²) in [5, 5.41) is 7.33. The Labute approximate surface area is 57.0 Å². The van der Waals surface area contributed by atoms with Crippen LogP contribution in [-0.4, -0.2) is 10.2 Å². The van der Waals surface area contributed by atoms with Crippen LogP contribution in [0.2, 0.25) is 0 Å². The Balaban J connectivity index is 2.76. The van der Waals surface area contributed by atoms with Crippen molar-refractivity contribution in [2.75, 3.05) is 5.73 Å². The van der Waals surface area contributed by atoms with Crippen LogP contribution in [0, 0.1) is 0 Å². The maximum Gasteiger partial charge on any atom is 0.201 e. The van der Waals surface area contributed by atoms with Crippen molar-refractivity contribution in [2.45, 2.75) is 0 Å². The molecule has 0 aromatic rings. The molecule has 10 heavy (non-hydrogen) atoms. The molecule has 0 saturated heterocycles. The minimum atomic E-state index is 0.652. The zero-order chi connectivity index (χ0) is 6.97. The van der Waals surface area contributed by atoms with E-state index in [1.165, 1.54) is 6.39 Å². The number of hydrogen-bond donors (Lipinski definition) is 1. The predicted octanol–water partition coefficient (Wildman–Crippen LogP) is 0.757. The Hall–Kier alpha value is -1.58. The van der Waals surface area contributed by atoms with E-state index in [1.807, 2.05) is 0 Å². The van der Waals surface area contributed by atoms with Crippen molar-refractivity contribution in [3.05, 3.63) is 18.5 Å². The zero-order valence-electron chi connectivity index (χ0n) is 5.11. The molecule has 0 aromatic carbocycles. The maximum atomic E-state index is 5.46. The molecule has 0 atom stereocenters. The van der Waals surface area contributed by atoms with Crippen molar-refractivity contribution in [3.8, 4) is 11.5 Å². The van der Waals surface area contributed by atoms with Crippen LogP contribution in [0.15, 0.2) is 22.9 Å². The Morgan fingerprint density at radius 3 is 3.10 bits per heavy atom. The number of aromatic nitrogens is 2. The normalized spacial score (nSPS) is 10.4. The molecule has 4 nitrogen and oxygen atoms in total.